The molecule has 184 valence electrons. The van der Waals surface area contributed by atoms with Gasteiger partial charge in [-0.25, -0.2) is 4.99 Å². The van der Waals surface area contributed by atoms with Crippen molar-refractivity contribution in [2.75, 3.05) is 39.3 Å². The number of nitrogens with one attached hydrogen (secondary N) is 2. The zero-order chi connectivity index (χ0) is 24.6. The highest BCUT2D eigenvalue weighted by molar-refractivity contribution is 6.31. The van der Waals surface area contributed by atoms with Crippen LogP contribution >= 0.6 is 11.6 Å². The third kappa shape index (κ3) is 4.67. The number of ether oxygens (including phenoxy) is 2. The smallest absolute Gasteiger partial charge is 0.253 e. The lowest BCUT2D eigenvalue weighted by Gasteiger charge is -2.35. The summed E-state index contributed by atoms with van der Waals surface area (Å²) in [6, 6.07) is 11.4. The molecule has 4 N–H and O–H groups in total. The molecule has 10 heteroatoms. The first-order chi connectivity index (χ1) is 16.8. The number of carbonyl (C=O) groups is 1. The van der Waals surface area contributed by atoms with Crippen LogP contribution in [0.5, 0.6) is 11.5 Å². The van der Waals surface area contributed by atoms with Crippen LogP contribution in [0.2, 0.25) is 5.02 Å². The summed E-state index contributed by atoms with van der Waals surface area (Å²) in [7, 11) is 4.18. The molecule has 5 rings (SSSR count). The number of halogens is 1. The van der Waals surface area contributed by atoms with Crippen LogP contribution in [0, 0.1) is 0 Å². The molecule has 1 fully saturated rings. The number of amides is 1. The molecule has 1 amide bonds. The van der Waals surface area contributed by atoms with E-state index in [9.17, 15) is 4.79 Å². The predicted molar refractivity (Wildman–Crippen MR) is 136 cm³/mol. The van der Waals surface area contributed by atoms with Crippen molar-refractivity contribution >= 4 is 29.2 Å². The van der Waals surface area contributed by atoms with Gasteiger partial charge in [-0.2, -0.15) is 0 Å². The number of nitrogens with two attached hydrogens (primary N) is 1. The molecule has 0 radical (unpaired) electrons. The zero-order valence-electron chi connectivity index (χ0n) is 19.8. The van der Waals surface area contributed by atoms with Crippen molar-refractivity contribution in [3.05, 3.63) is 64.8 Å². The molecule has 0 aliphatic carbocycles. The molecule has 0 aromatic heterocycles. The van der Waals surface area contributed by atoms with Crippen LogP contribution in [-0.2, 0) is 5.66 Å². The number of nitrogens with zero attached hydrogens (tertiary/aromatic N) is 3. The minimum atomic E-state index is -1.27. The van der Waals surface area contributed by atoms with E-state index in [1.54, 1.807) is 24.4 Å². The molecular formula is C25H29ClN6O3. The summed E-state index contributed by atoms with van der Waals surface area (Å²) in [5.41, 5.74) is 7.26. The lowest BCUT2D eigenvalue weighted by molar-refractivity contribution is 0.0663. The molecule has 2 aromatic rings. The number of anilines is 1. The molecule has 35 heavy (non-hydrogen) atoms. The predicted octanol–water partition coefficient (Wildman–Crippen LogP) is 2.93. The summed E-state index contributed by atoms with van der Waals surface area (Å²) < 4.78 is 11.1. The second-order valence-electron chi connectivity index (χ2n) is 9.11. The van der Waals surface area contributed by atoms with E-state index in [0.29, 0.717) is 45.3 Å². The van der Waals surface area contributed by atoms with Gasteiger partial charge in [0.15, 0.2) is 17.2 Å². The Morgan fingerprint density at radius 1 is 1.26 bits per heavy atom. The number of aliphatic imine (C=N–C) groups is 1. The van der Waals surface area contributed by atoms with Crippen molar-refractivity contribution in [1.29, 1.82) is 0 Å². The lowest BCUT2D eigenvalue weighted by Crippen LogP contribution is -2.44. The van der Waals surface area contributed by atoms with Gasteiger partial charge in [0.25, 0.3) is 5.91 Å². The van der Waals surface area contributed by atoms with Gasteiger partial charge in [0.2, 0.25) is 12.8 Å². The van der Waals surface area contributed by atoms with Crippen molar-refractivity contribution in [2.24, 2.45) is 10.7 Å². The van der Waals surface area contributed by atoms with Crippen molar-refractivity contribution in [3.63, 3.8) is 0 Å². The number of benzene rings is 2. The van der Waals surface area contributed by atoms with Crippen LogP contribution in [0.4, 0.5) is 5.69 Å². The summed E-state index contributed by atoms with van der Waals surface area (Å²) >= 11 is 6.49. The standard InChI is InChI=1S/C25H29ClN6O3/c1-31(2)18-8-12-32(13-9-18)23(33)16-4-3-5-17(14-16)29-24-28-11-10-25(27,30-24)21-19(26)6-7-20-22(21)35-15-34-20/h3-7,10-11,14,18H,8-9,12-13,15,27H2,1-2H3,(H2,28,29,30). The molecule has 0 spiro atoms. The first-order valence-electron chi connectivity index (χ1n) is 11.6. The summed E-state index contributed by atoms with van der Waals surface area (Å²) in [6.07, 6.45) is 5.36. The van der Waals surface area contributed by atoms with Gasteiger partial charge in [0.1, 0.15) is 0 Å². The molecule has 1 unspecified atom stereocenters. The van der Waals surface area contributed by atoms with Crippen LogP contribution in [0.15, 0.2) is 53.7 Å². The fourth-order valence-corrected chi connectivity index (χ4v) is 4.96. The average molecular weight is 497 g/mol. The summed E-state index contributed by atoms with van der Waals surface area (Å²) in [4.78, 5) is 21.9. The Kier molecular flexibility index (Phi) is 6.31. The second kappa shape index (κ2) is 9.41. The molecule has 3 aliphatic heterocycles. The molecule has 0 saturated carbocycles. The number of carbonyl (C=O) groups excluding carboxylic acids is 1. The number of guanidine groups is 1. The Hall–Kier alpha value is -3.27. The maximum Gasteiger partial charge on any atom is 0.253 e. The number of fused-ring (bicyclic) bond motifs is 1. The van der Waals surface area contributed by atoms with Gasteiger partial charge in [-0.1, -0.05) is 17.7 Å². The van der Waals surface area contributed by atoms with Crippen LogP contribution in [0.25, 0.3) is 0 Å². The van der Waals surface area contributed by atoms with Crippen molar-refractivity contribution in [1.82, 2.24) is 15.1 Å². The van der Waals surface area contributed by atoms with E-state index in [2.05, 4.69) is 34.6 Å². The summed E-state index contributed by atoms with van der Waals surface area (Å²) in [5.74, 6) is 1.51. The number of hydrogen-bond acceptors (Lipinski definition) is 8. The molecule has 2 aromatic carbocycles. The first-order valence-corrected chi connectivity index (χ1v) is 12.0. The SMILES string of the molecule is CN(C)C1CCN(C(=O)c2cccc(NC3=NC(N)(c4c(Cl)ccc5c4OCO5)C=CN3)c2)CC1. The second-order valence-corrected chi connectivity index (χ2v) is 9.52. The molecule has 9 nitrogen and oxygen atoms in total. The van der Waals surface area contributed by atoms with Crippen molar-refractivity contribution in [3.8, 4) is 11.5 Å². The Morgan fingerprint density at radius 2 is 2.06 bits per heavy atom. The number of likely N-dealkylation sites (tertiary alicyclic amines) is 1. The number of hydrogen-bond donors (Lipinski definition) is 3. The van der Waals surface area contributed by atoms with Crippen LogP contribution in [-0.4, -0.2) is 61.7 Å². The maximum atomic E-state index is 13.1. The molecular weight excluding hydrogens is 468 g/mol. The summed E-state index contributed by atoms with van der Waals surface area (Å²) in [6.45, 7) is 1.60. The van der Waals surface area contributed by atoms with E-state index in [4.69, 9.17) is 26.8 Å². The van der Waals surface area contributed by atoms with Gasteiger partial charge < -0.3 is 29.9 Å². The fourth-order valence-electron chi connectivity index (χ4n) is 4.66. The summed E-state index contributed by atoms with van der Waals surface area (Å²) in [5, 5.41) is 6.73. The van der Waals surface area contributed by atoms with Crippen molar-refractivity contribution in [2.45, 2.75) is 24.5 Å². The molecule has 1 atom stereocenters. The number of piperidine rings is 1. The molecule has 0 bridgehead atoms. The largest absolute Gasteiger partial charge is 0.454 e. The van der Waals surface area contributed by atoms with Crippen molar-refractivity contribution < 1.29 is 14.3 Å². The zero-order valence-corrected chi connectivity index (χ0v) is 20.5. The van der Waals surface area contributed by atoms with E-state index < -0.39 is 5.66 Å². The molecule has 3 aliphatic rings. The van der Waals surface area contributed by atoms with Gasteiger partial charge in [0.05, 0.1) is 10.6 Å². The van der Waals surface area contributed by atoms with Gasteiger partial charge >= 0.3 is 0 Å². The quantitative estimate of drug-likeness (QED) is 0.597. The van der Waals surface area contributed by atoms with E-state index in [1.807, 2.05) is 29.2 Å². The highest BCUT2D eigenvalue weighted by Crippen LogP contribution is 2.45. The van der Waals surface area contributed by atoms with Crippen LogP contribution in [0.1, 0.15) is 28.8 Å². The Balaban J connectivity index is 1.34. The van der Waals surface area contributed by atoms with E-state index in [1.165, 1.54) is 0 Å². The minimum absolute atomic E-state index is 0.0289. The third-order valence-corrected chi connectivity index (χ3v) is 6.91. The Labute approximate surface area is 209 Å². The Bertz CT molecular complexity index is 1190. The average Bonchev–Trinajstić information content (AvgIpc) is 3.32. The maximum absolute atomic E-state index is 13.1. The highest BCUT2D eigenvalue weighted by Gasteiger charge is 2.36. The highest BCUT2D eigenvalue weighted by atomic mass is 35.5. The van der Waals surface area contributed by atoms with Gasteiger partial charge in [-0.15, -0.1) is 0 Å². The lowest BCUT2D eigenvalue weighted by atomic mass is 9.98. The Morgan fingerprint density at radius 3 is 2.83 bits per heavy atom. The number of rotatable bonds is 4. The minimum Gasteiger partial charge on any atom is -0.454 e. The van der Waals surface area contributed by atoms with Crippen LogP contribution in [0.3, 0.4) is 0 Å². The van der Waals surface area contributed by atoms with E-state index >= 15 is 0 Å². The molecule has 1 saturated heterocycles. The van der Waals surface area contributed by atoms with Gasteiger partial charge in [0, 0.05) is 36.6 Å². The topological polar surface area (TPSA) is 104 Å². The first kappa shape index (κ1) is 23.5. The normalized spacial score (nSPS) is 21.6. The van der Waals surface area contributed by atoms with Gasteiger partial charge in [-0.05, 0) is 63.3 Å². The van der Waals surface area contributed by atoms with E-state index in [-0.39, 0.29) is 12.7 Å². The van der Waals surface area contributed by atoms with Gasteiger partial charge in [-0.3, -0.25) is 10.5 Å². The molecule has 3 heterocycles. The van der Waals surface area contributed by atoms with Crippen LogP contribution < -0.4 is 25.8 Å². The fraction of sp³-hybridized carbons (Fsp3) is 0.360. The monoisotopic (exact) mass is 496 g/mol. The third-order valence-electron chi connectivity index (χ3n) is 6.60. The van der Waals surface area contributed by atoms with E-state index in [0.717, 1.165) is 25.9 Å².